The predicted molar refractivity (Wildman–Crippen MR) is 123 cm³/mol. The van der Waals surface area contributed by atoms with E-state index in [1.807, 2.05) is 48.6 Å². The number of carbonyl (C=O) groups is 1. The number of carbonyl (C=O) groups excluding carboxylic acids is 1. The molecule has 1 saturated heterocycles. The lowest BCUT2D eigenvalue weighted by Gasteiger charge is -2.34. The number of aryl methyl sites for hydroxylation is 2. The first-order valence-electron chi connectivity index (χ1n) is 10.8. The monoisotopic (exact) mass is 449 g/mol. The summed E-state index contributed by atoms with van der Waals surface area (Å²) >= 11 is 0. The van der Waals surface area contributed by atoms with Gasteiger partial charge in [0.05, 0.1) is 11.1 Å². The van der Waals surface area contributed by atoms with E-state index in [9.17, 15) is 14.9 Å². The van der Waals surface area contributed by atoms with Gasteiger partial charge in [-0.05, 0) is 36.8 Å². The molecule has 0 atom stereocenters. The Bertz CT molecular complexity index is 1150. The lowest BCUT2D eigenvalue weighted by atomic mass is 10.1. The Morgan fingerprint density at radius 2 is 1.91 bits per heavy atom. The fourth-order valence-corrected chi connectivity index (χ4v) is 3.99. The summed E-state index contributed by atoms with van der Waals surface area (Å²) < 4.78 is 7.60. The summed E-state index contributed by atoms with van der Waals surface area (Å²) in [5, 5.41) is 15.2. The molecule has 0 radical (unpaired) electrons. The van der Waals surface area contributed by atoms with Crippen LogP contribution >= 0.6 is 0 Å². The van der Waals surface area contributed by atoms with Crippen LogP contribution < -0.4 is 4.74 Å². The van der Waals surface area contributed by atoms with Crippen molar-refractivity contribution in [2.24, 2.45) is 7.05 Å². The van der Waals surface area contributed by atoms with E-state index in [-0.39, 0.29) is 18.2 Å². The van der Waals surface area contributed by atoms with Crippen molar-refractivity contribution in [3.8, 4) is 5.75 Å². The highest BCUT2D eigenvalue weighted by atomic mass is 16.6. The topological polar surface area (TPSA) is 93.7 Å². The van der Waals surface area contributed by atoms with Crippen molar-refractivity contribution >= 4 is 11.6 Å². The van der Waals surface area contributed by atoms with Gasteiger partial charge in [0.15, 0.2) is 0 Å². The van der Waals surface area contributed by atoms with Crippen molar-refractivity contribution in [1.82, 2.24) is 19.6 Å². The Labute approximate surface area is 192 Å². The van der Waals surface area contributed by atoms with E-state index in [1.54, 1.807) is 23.7 Å². The van der Waals surface area contributed by atoms with Crippen LogP contribution in [0.1, 0.15) is 27.0 Å². The third kappa shape index (κ3) is 5.56. The first-order chi connectivity index (χ1) is 15.9. The van der Waals surface area contributed by atoms with Crippen molar-refractivity contribution in [3.63, 3.8) is 0 Å². The minimum atomic E-state index is -0.410. The molecule has 0 N–H and O–H groups in total. The maximum absolute atomic E-state index is 13.0. The molecule has 172 valence electrons. The molecule has 3 aromatic rings. The molecule has 4 rings (SSSR count). The van der Waals surface area contributed by atoms with Crippen LogP contribution in [0.25, 0.3) is 0 Å². The Kier molecular flexibility index (Phi) is 6.69. The summed E-state index contributed by atoms with van der Waals surface area (Å²) in [5.74, 6) is 0.573. The molecule has 2 aromatic carbocycles. The van der Waals surface area contributed by atoms with E-state index in [1.165, 1.54) is 11.6 Å². The van der Waals surface area contributed by atoms with Gasteiger partial charge in [0, 0.05) is 68.7 Å². The molecule has 1 fully saturated rings. The van der Waals surface area contributed by atoms with Gasteiger partial charge in [-0.3, -0.25) is 24.5 Å². The van der Waals surface area contributed by atoms with Crippen LogP contribution in [0.5, 0.6) is 5.75 Å². The van der Waals surface area contributed by atoms with E-state index in [0.717, 1.165) is 25.2 Å². The van der Waals surface area contributed by atoms with Crippen molar-refractivity contribution < 1.29 is 14.5 Å². The Morgan fingerprint density at radius 3 is 2.58 bits per heavy atom. The number of nitro groups is 1. The molecule has 1 aliphatic rings. The van der Waals surface area contributed by atoms with E-state index in [4.69, 9.17) is 4.74 Å². The van der Waals surface area contributed by atoms with Gasteiger partial charge in [0.1, 0.15) is 12.4 Å². The standard InChI is InChI=1S/C24H27N5O4/c1-18-12-22(6-7-23(18)29(31)32)33-17-19-4-3-5-21(13-19)24(30)28-10-8-27(9-11-28)16-20-14-25-26(2)15-20/h3-7,12-15H,8-11,16-17H2,1-2H3. The molecular weight excluding hydrogens is 422 g/mol. The number of rotatable bonds is 7. The molecule has 0 aliphatic carbocycles. The van der Waals surface area contributed by atoms with Crippen molar-refractivity contribution in [2.75, 3.05) is 26.2 Å². The van der Waals surface area contributed by atoms with Gasteiger partial charge < -0.3 is 9.64 Å². The highest BCUT2D eigenvalue weighted by molar-refractivity contribution is 5.94. The number of aromatic nitrogens is 2. The third-order valence-corrected chi connectivity index (χ3v) is 5.77. The van der Waals surface area contributed by atoms with Gasteiger partial charge in [-0.2, -0.15) is 5.10 Å². The van der Waals surface area contributed by atoms with Gasteiger partial charge in [0.2, 0.25) is 0 Å². The van der Waals surface area contributed by atoms with Crippen LogP contribution in [0.15, 0.2) is 54.9 Å². The second kappa shape index (κ2) is 9.83. The molecule has 2 heterocycles. The molecule has 0 saturated carbocycles. The van der Waals surface area contributed by atoms with Gasteiger partial charge in [-0.25, -0.2) is 0 Å². The molecule has 1 amide bonds. The summed E-state index contributed by atoms with van der Waals surface area (Å²) in [5.41, 5.74) is 3.29. The smallest absolute Gasteiger partial charge is 0.272 e. The van der Waals surface area contributed by atoms with Gasteiger partial charge in [0.25, 0.3) is 11.6 Å². The first-order valence-corrected chi connectivity index (χ1v) is 10.8. The van der Waals surface area contributed by atoms with Gasteiger partial charge in [-0.15, -0.1) is 0 Å². The quantitative estimate of drug-likeness (QED) is 0.406. The van der Waals surface area contributed by atoms with E-state index in [2.05, 4.69) is 10.00 Å². The molecule has 1 aliphatic heterocycles. The van der Waals surface area contributed by atoms with Crippen LogP contribution in [-0.2, 0) is 20.2 Å². The summed E-state index contributed by atoms with van der Waals surface area (Å²) in [6.45, 7) is 5.80. The first kappa shape index (κ1) is 22.5. The third-order valence-electron chi connectivity index (χ3n) is 5.77. The van der Waals surface area contributed by atoms with E-state index < -0.39 is 4.92 Å². The minimum absolute atomic E-state index is 0.0176. The number of ether oxygens (including phenoxy) is 1. The zero-order valence-corrected chi connectivity index (χ0v) is 18.8. The van der Waals surface area contributed by atoms with Crippen LogP contribution in [0.4, 0.5) is 5.69 Å². The van der Waals surface area contributed by atoms with Gasteiger partial charge >= 0.3 is 0 Å². The highest BCUT2D eigenvalue weighted by Gasteiger charge is 2.22. The maximum Gasteiger partial charge on any atom is 0.272 e. The van der Waals surface area contributed by atoms with Crippen LogP contribution in [0.2, 0.25) is 0 Å². The van der Waals surface area contributed by atoms with Crippen LogP contribution in [0, 0.1) is 17.0 Å². The Balaban J connectivity index is 1.32. The largest absolute Gasteiger partial charge is 0.489 e. The number of hydrogen-bond donors (Lipinski definition) is 0. The molecule has 0 bridgehead atoms. The fraction of sp³-hybridized carbons (Fsp3) is 0.333. The maximum atomic E-state index is 13.0. The molecule has 1 aromatic heterocycles. The van der Waals surface area contributed by atoms with Crippen molar-refractivity contribution in [2.45, 2.75) is 20.1 Å². The highest BCUT2D eigenvalue weighted by Crippen LogP contribution is 2.24. The lowest BCUT2D eigenvalue weighted by molar-refractivity contribution is -0.385. The van der Waals surface area contributed by atoms with E-state index in [0.29, 0.717) is 30.0 Å². The predicted octanol–water partition coefficient (Wildman–Crippen LogP) is 3.17. The van der Waals surface area contributed by atoms with Crippen molar-refractivity contribution in [1.29, 1.82) is 0 Å². The van der Waals surface area contributed by atoms with Crippen molar-refractivity contribution in [3.05, 3.63) is 87.2 Å². The van der Waals surface area contributed by atoms with Crippen LogP contribution in [0.3, 0.4) is 0 Å². The zero-order chi connectivity index (χ0) is 23.4. The minimum Gasteiger partial charge on any atom is -0.489 e. The summed E-state index contributed by atoms with van der Waals surface area (Å²) in [6.07, 6.45) is 3.90. The number of hydrogen-bond acceptors (Lipinski definition) is 6. The van der Waals surface area contributed by atoms with Gasteiger partial charge in [-0.1, -0.05) is 12.1 Å². The number of amides is 1. The fourth-order valence-electron chi connectivity index (χ4n) is 3.99. The summed E-state index contributed by atoms with van der Waals surface area (Å²) in [4.78, 5) is 27.8. The van der Waals surface area contributed by atoms with Crippen LogP contribution in [-0.4, -0.2) is 56.6 Å². The summed E-state index contributed by atoms with van der Waals surface area (Å²) in [7, 11) is 1.91. The lowest BCUT2D eigenvalue weighted by Crippen LogP contribution is -2.48. The second-order valence-corrected chi connectivity index (χ2v) is 8.29. The zero-order valence-electron chi connectivity index (χ0n) is 18.8. The molecule has 0 unspecified atom stereocenters. The molecule has 33 heavy (non-hydrogen) atoms. The number of nitrogens with zero attached hydrogens (tertiary/aromatic N) is 5. The Morgan fingerprint density at radius 1 is 1.12 bits per heavy atom. The normalized spacial score (nSPS) is 14.3. The molecular formula is C24H27N5O4. The Hall–Kier alpha value is -3.72. The summed E-state index contributed by atoms with van der Waals surface area (Å²) in [6, 6.07) is 12.1. The second-order valence-electron chi connectivity index (χ2n) is 8.29. The molecule has 9 heteroatoms. The molecule has 0 spiro atoms. The average Bonchev–Trinajstić information content (AvgIpc) is 3.22. The number of piperazine rings is 1. The SMILES string of the molecule is Cc1cc(OCc2cccc(C(=O)N3CCN(Cc4cnn(C)c4)CC3)c2)ccc1[N+](=O)[O-]. The average molecular weight is 450 g/mol. The van der Waals surface area contributed by atoms with E-state index >= 15 is 0 Å². The number of benzene rings is 2. The molecule has 9 nitrogen and oxygen atoms in total. The number of nitro benzene ring substituents is 1.